The Hall–Kier alpha value is -3.48. The summed E-state index contributed by atoms with van der Waals surface area (Å²) in [6, 6.07) is 15.8. The van der Waals surface area contributed by atoms with E-state index < -0.39 is 11.7 Å². The van der Waals surface area contributed by atoms with E-state index in [1.54, 1.807) is 12.3 Å². The van der Waals surface area contributed by atoms with Crippen LogP contribution in [0.3, 0.4) is 0 Å². The van der Waals surface area contributed by atoms with Crippen molar-refractivity contribution in [1.29, 1.82) is 0 Å². The van der Waals surface area contributed by atoms with Crippen LogP contribution in [0.1, 0.15) is 5.56 Å². The van der Waals surface area contributed by atoms with Crippen molar-refractivity contribution in [3.8, 4) is 22.9 Å². The van der Waals surface area contributed by atoms with Gasteiger partial charge in [0.25, 0.3) is 0 Å². The van der Waals surface area contributed by atoms with Gasteiger partial charge >= 0.3 is 6.18 Å². The van der Waals surface area contributed by atoms with Crippen LogP contribution in [0.15, 0.2) is 73.2 Å². The fraction of sp³-hybridized carbons (Fsp3) is 0.0500. The smallest absolute Gasteiger partial charge is 0.416 e. The number of nitrogens with zero attached hydrogens (tertiary/aromatic N) is 3. The summed E-state index contributed by atoms with van der Waals surface area (Å²) in [6.45, 7) is 0. The van der Waals surface area contributed by atoms with Gasteiger partial charge in [-0.05, 0) is 24.3 Å². The van der Waals surface area contributed by atoms with E-state index in [1.807, 2.05) is 30.3 Å². The molecule has 0 radical (unpaired) electrons. The highest BCUT2D eigenvalue weighted by molar-refractivity contribution is 5.79. The molecule has 2 heterocycles. The highest BCUT2D eigenvalue weighted by atomic mass is 19.4. The average molecular weight is 367 g/mol. The summed E-state index contributed by atoms with van der Waals surface area (Å²) in [4.78, 5) is 12.5. The molecule has 0 atom stereocenters. The van der Waals surface area contributed by atoms with Crippen LogP contribution in [-0.4, -0.2) is 15.0 Å². The number of hydrogen-bond acceptors (Lipinski definition) is 4. The van der Waals surface area contributed by atoms with Gasteiger partial charge in [-0.2, -0.15) is 13.2 Å². The molecule has 0 fully saturated rings. The summed E-state index contributed by atoms with van der Waals surface area (Å²) in [5.74, 6) is 0.780. The first-order chi connectivity index (χ1) is 13.0. The lowest BCUT2D eigenvalue weighted by Gasteiger charge is -2.09. The Morgan fingerprint density at radius 1 is 0.815 bits per heavy atom. The highest BCUT2D eigenvalue weighted by Gasteiger charge is 2.30. The van der Waals surface area contributed by atoms with Gasteiger partial charge in [0.05, 0.1) is 23.0 Å². The molecule has 4 nitrogen and oxygen atoms in total. The van der Waals surface area contributed by atoms with Crippen molar-refractivity contribution in [1.82, 2.24) is 15.0 Å². The molecule has 7 heteroatoms. The normalized spacial score (nSPS) is 11.5. The predicted molar refractivity (Wildman–Crippen MR) is 94.3 cm³/mol. The molecule has 0 aliphatic rings. The van der Waals surface area contributed by atoms with Gasteiger partial charge in [0.15, 0.2) is 0 Å². The van der Waals surface area contributed by atoms with Crippen LogP contribution in [0.2, 0.25) is 0 Å². The van der Waals surface area contributed by atoms with E-state index in [2.05, 4.69) is 15.0 Å². The topological polar surface area (TPSA) is 47.9 Å². The van der Waals surface area contributed by atoms with E-state index >= 15 is 0 Å². The first kappa shape index (κ1) is 17.0. The maximum absolute atomic E-state index is 12.7. The maximum Gasteiger partial charge on any atom is 0.416 e. The van der Waals surface area contributed by atoms with Gasteiger partial charge in [0, 0.05) is 17.0 Å². The Bertz CT molecular complexity index is 1100. The zero-order chi connectivity index (χ0) is 18.9. The number of hydrogen-bond donors (Lipinski definition) is 0. The number of benzene rings is 2. The van der Waals surface area contributed by atoms with Crippen LogP contribution in [0.5, 0.6) is 11.6 Å². The third kappa shape index (κ3) is 3.72. The van der Waals surface area contributed by atoms with E-state index in [0.29, 0.717) is 17.0 Å². The molecular formula is C20H12F3N3O. The van der Waals surface area contributed by atoms with Gasteiger partial charge in [-0.25, -0.2) is 9.97 Å². The molecule has 0 spiro atoms. The maximum atomic E-state index is 12.7. The summed E-state index contributed by atoms with van der Waals surface area (Å²) in [5, 5.41) is 0.923. The summed E-state index contributed by atoms with van der Waals surface area (Å²) in [5.41, 5.74) is 1.13. The molecule has 4 aromatic rings. The largest absolute Gasteiger partial charge is 0.437 e. The molecule has 0 aliphatic heterocycles. The van der Waals surface area contributed by atoms with Crippen LogP contribution in [0.25, 0.3) is 22.2 Å². The third-order valence-electron chi connectivity index (χ3n) is 3.94. The fourth-order valence-corrected chi connectivity index (χ4v) is 2.61. The number of rotatable bonds is 3. The van der Waals surface area contributed by atoms with Crippen molar-refractivity contribution in [3.63, 3.8) is 0 Å². The van der Waals surface area contributed by atoms with Crippen LogP contribution >= 0.6 is 0 Å². The van der Waals surface area contributed by atoms with Gasteiger partial charge in [-0.1, -0.05) is 30.3 Å². The van der Waals surface area contributed by atoms with E-state index in [1.165, 1.54) is 18.5 Å². The highest BCUT2D eigenvalue weighted by Crippen LogP contribution is 2.31. The number of alkyl halides is 3. The zero-order valence-corrected chi connectivity index (χ0v) is 13.8. The molecule has 0 amide bonds. The van der Waals surface area contributed by atoms with E-state index in [9.17, 15) is 13.2 Å². The summed E-state index contributed by atoms with van der Waals surface area (Å²) < 4.78 is 43.8. The summed E-state index contributed by atoms with van der Waals surface area (Å²) in [7, 11) is 0. The van der Waals surface area contributed by atoms with Crippen molar-refractivity contribution in [2.75, 3.05) is 0 Å². The molecule has 0 aliphatic carbocycles. The van der Waals surface area contributed by atoms with Crippen LogP contribution in [-0.2, 0) is 6.18 Å². The Morgan fingerprint density at radius 3 is 2.37 bits per heavy atom. The Balaban J connectivity index is 1.60. The van der Waals surface area contributed by atoms with Crippen molar-refractivity contribution >= 4 is 10.9 Å². The second-order valence-electron chi connectivity index (χ2n) is 5.78. The van der Waals surface area contributed by atoms with Crippen LogP contribution < -0.4 is 4.74 Å². The molecule has 27 heavy (non-hydrogen) atoms. The number of para-hydroxylation sites is 1. The fourth-order valence-electron chi connectivity index (χ4n) is 2.61. The summed E-state index contributed by atoms with van der Waals surface area (Å²) in [6.07, 6.45) is -1.49. The molecule has 2 aromatic heterocycles. The number of pyridine rings is 1. The number of aromatic nitrogens is 3. The van der Waals surface area contributed by atoms with Gasteiger partial charge < -0.3 is 4.74 Å². The second-order valence-corrected chi connectivity index (χ2v) is 5.78. The second kappa shape index (κ2) is 6.68. The Labute approximate surface area is 152 Å². The molecule has 0 bridgehead atoms. The average Bonchev–Trinajstić information content (AvgIpc) is 2.68. The van der Waals surface area contributed by atoms with E-state index in [4.69, 9.17) is 4.74 Å². The molecule has 4 rings (SSSR count). The van der Waals surface area contributed by atoms with Gasteiger partial charge in [0.1, 0.15) is 12.1 Å². The number of ether oxygens (including phenoxy) is 1. The van der Waals surface area contributed by atoms with Crippen molar-refractivity contribution in [2.45, 2.75) is 6.18 Å². The van der Waals surface area contributed by atoms with Crippen molar-refractivity contribution in [3.05, 3.63) is 78.8 Å². The van der Waals surface area contributed by atoms with Crippen LogP contribution in [0, 0.1) is 0 Å². The minimum absolute atomic E-state index is 0.275. The molecular weight excluding hydrogens is 355 g/mol. The lowest BCUT2D eigenvalue weighted by Crippen LogP contribution is -2.04. The minimum Gasteiger partial charge on any atom is -0.437 e. The molecule has 0 N–H and O–H groups in total. The van der Waals surface area contributed by atoms with Crippen LogP contribution in [0.4, 0.5) is 13.2 Å². The SMILES string of the molecule is FC(F)(F)c1ccc(-c2cc(Oc3cnc4ccccc4c3)ncn2)cc1. The van der Waals surface area contributed by atoms with Gasteiger partial charge in [-0.3, -0.25) is 4.98 Å². The quantitative estimate of drug-likeness (QED) is 0.479. The first-order valence-corrected chi connectivity index (χ1v) is 8.01. The molecule has 134 valence electrons. The van der Waals surface area contributed by atoms with E-state index in [-0.39, 0.29) is 5.88 Å². The van der Waals surface area contributed by atoms with Gasteiger partial charge in [-0.15, -0.1) is 0 Å². The first-order valence-electron chi connectivity index (χ1n) is 8.01. The Kier molecular flexibility index (Phi) is 4.19. The molecule has 2 aromatic carbocycles. The minimum atomic E-state index is -4.37. The standard InChI is InChI=1S/C20H12F3N3O/c21-20(22,23)15-7-5-13(6-8-15)18-10-19(26-12-25-18)27-16-9-14-3-1-2-4-17(14)24-11-16/h1-12H. The summed E-state index contributed by atoms with van der Waals surface area (Å²) >= 11 is 0. The molecule has 0 saturated carbocycles. The predicted octanol–water partition coefficient (Wildman–Crippen LogP) is 5.50. The van der Waals surface area contributed by atoms with Gasteiger partial charge in [0.2, 0.25) is 5.88 Å². The molecule has 0 saturated heterocycles. The van der Waals surface area contributed by atoms with Crippen molar-refractivity contribution in [2.24, 2.45) is 0 Å². The third-order valence-corrected chi connectivity index (χ3v) is 3.94. The monoisotopic (exact) mass is 367 g/mol. The zero-order valence-electron chi connectivity index (χ0n) is 13.8. The lowest BCUT2D eigenvalue weighted by atomic mass is 10.1. The van der Waals surface area contributed by atoms with E-state index in [0.717, 1.165) is 23.0 Å². The number of halogens is 3. The number of fused-ring (bicyclic) bond motifs is 1. The molecule has 0 unspecified atom stereocenters. The van der Waals surface area contributed by atoms with Crippen molar-refractivity contribution < 1.29 is 17.9 Å². The Morgan fingerprint density at radius 2 is 1.59 bits per heavy atom. The lowest BCUT2D eigenvalue weighted by molar-refractivity contribution is -0.137.